The van der Waals surface area contributed by atoms with E-state index in [9.17, 15) is 4.79 Å². The van der Waals surface area contributed by atoms with Crippen LogP contribution in [0.25, 0.3) is 0 Å². The Labute approximate surface area is 124 Å². The predicted molar refractivity (Wildman–Crippen MR) is 82.9 cm³/mol. The molecule has 1 N–H and O–H groups in total. The monoisotopic (exact) mass is 279 g/mol. The number of hydrogen-bond acceptors (Lipinski definition) is 3. The van der Waals surface area contributed by atoms with Gasteiger partial charge in [-0.2, -0.15) is 5.26 Å². The van der Waals surface area contributed by atoms with E-state index in [1.807, 2.05) is 30.3 Å². The average molecular weight is 279 g/mol. The molecular weight excluding hydrogens is 262 g/mol. The number of rotatable bonds is 4. The highest BCUT2D eigenvalue weighted by Crippen LogP contribution is 2.17. The maximum atomic E-state index is 12.5. The molecule has 0 radical (unpaired) electrons. The van der Waals surface area contributed by atoms with Crippen molar-refractivity contribution >= 4 is 11.6 Å². The first-order valence-corrected chi connectivity index (χ1v) is 6.67. The first-order chi connectivity index (χ1) is 10.2. The largest absolute Gasteiger partial charge is 0.387 e. The van der Waals surface area contributed by atoms with Gasteiger partial charge in [0.2, 0.25) is 0 Å². The van der Waals surface area contributed by atoms with Crippen molar-refractivity contribution in [3.8, 4) is 6.07 Å². The van der Waals surface area contributed by atoms with Crippen LogP contribution in [0.3, 0.4) is 0 Å². The Morgan fingerprint density at radius 2 is 2.00 bits per heavy atom. The lowest BCUT2D eigenvalue weighted by atomic mass is 10.1. The number of amides is 1. The second-order valence-corrected chi connectivity index (χ2v) is 4.77. The van der Waals surface area contributed by atoms with Gasteiger partial charge in [0.05, 0.1) is 17.2 Å². The third-order valence-electron chi connectivity index (χ3n) is 3.25. The quantitative estimate of drug-likeness (QED) is 0.936. The summed E-state index contributed by atoms with van der Waals surface area (Å²) < 4.78 is 0. The van der Waals surface area contributed by atoms with Crippen LogP contribution >= 0.6 is 0 Å². The Balaban J connectivity index is 2.18. The van der Waals surface area contributed by atoms with Gasteiger partial charge in [-0.3, -0.25) is 4.79 Å². The van der Waals surface area contributed by atoms with Crippen molar-refractivity contribution < 1.29 is 4.79 Å². The number of para-hydroxylation sites is 1. The average Bonchev–Trinajstić information content (AvgIpc) is 2.54. The Morgan fingerprint density at radius 3 is 2.71 bits per heavy atom. The number of nitriles is 1. The van der Waals surface area contributed by atoms with Crippen molar-refractivity contribution in [2.45, 2.75) is 6.54 Å². The predicted octanol–water partition coefficient (Wildman–Crippen LogP) is 2.87. The number of hydrogen-bond donors (Lipinski definition) is 1. The van der Waals surface area contributed by atoms with Gasteiger partial charge in [-0.05, 0) is 29.8 Å². The summed E-state index contributed by atoms with van der Waals surface area (Å²) in [6.07, 6.45) is 0. The van der Waals surface area contributed by atoms with Crippen LogP contribution in [0, 0.1) is 11.3 Å². The van der Waals surface area contributed by atoms with Crippen LogP contribution in [0.4, 0.5) is 5.69 Å². The smallest absolute Gasteiger partial charge is 0.255 e. The molecule has 4 heteroatoms. The lowest BCUT2D eigenvalue weighted by Crippen LogP contribution is -2.26. The van der Waals surface area contributed by atoms with E-state index < -0.39 is 0 Å². The first-order valence-electron chi connectivity index (χ1n) is 6.67. The van der Waals surface area contributed by atoms with Crippen molar-refractivity contribution in [2.24, 2.45) is 0 Å². The van der Waals surface area contributed by atoms with Crippen LogP contribution in [0.15, 0.2) is 48.5 Å². The molecule has 0 atom stereocenters. The molecule has 0 saturated heterocycles. The Hall–Kier alpha value is -2.80. The summed E-state index contributed by atoms with van der Waals surface area (Å²) in [6.45, 7) is 0.465. The van der Waals surface area contributed by atoms with E-state index in [2.05, 4.69) is 11.4 Å². The van der Waals surface area contributed by atoms with Gasteiger partial charge in [-0.1, -0.05) is 24.3 Å². The summed E-state index contributed by atoms with van der Waals surface area (Å²) in [7, 11) is 3.55. The van der Waals surface area contributed by atoms with Crippen molar-refractivity contribution in [1.29, 1.82) is 5.26 Å². The third kappa shape index (κ3) is 3.40. The second kappa shape index (κ2) is 6.58. The summed E-state index contributed by atoms with van der Waals surface area (Å²) in [5, 5.41) is 11.9. The molecule has 4 nitrogen and oxygen atoms in total. The van der Waals surface area contributed by atoms with Crippen molar-refractivity contribution in [3.63, 3.8) is 0 Å². The minimum Gasteiger partial charge on any atom is -0.387 e. The fourth-order valence-corrected chi connectivity index (χ4v) is 2.18. The zero-order valence-electron chi connectivity index (χ0n) is 12.1. The first kappa shape index (κ1) is 14.6. The van der Waals surface area contributed by atoms with Gasteiger partial charge in [0, 0.05) is 26.3 Å². The highest BCUT2D eigenvalue weighted by molar-refractivity contribution is 5.99. The summed E-state index contributed by atoms with van der Waals surface area (Å²) in [6, 6.07) is 16.8. The van der Waals surface area contributed by atoms with Crippen LogP contribution < -0.4 is 5.32 Å². The minimum absolute atomic E-state index is 0.0534. The zero-order valence-corrected chi connectivity index (χ0v) is 12.1. The highest BCUT2D eigenvalue weighted by atomic mass is 16.2. The van der Waals surface area contributed by atoms with Crippen molar-refractivity contribution in [2.75, 3.05) is 19.4 Å². The molecule has 21 heavy (non-hydrogen) atoms. The Kier molecular flexibility index (Phi) is 4.57. The van der Waals surface area contributed by atoms with Gasteiger partial charge in [0.25, 0.3) is 5.91 Å². The van der Waals surface area contributed by atoms with Gasteiger partial charge in [-0.25, -0.2) is 0 Å². The molecule has 0 unspecified atom stereocenters. The number of nitrogens with one attached hydrogen (secondary N) is 1. The van der Waals surface area contributed by atoms with Crippen LogP contribution in [-0.2, 0) is 6.54 Å². The Bertz CT molecular complexity index is 688. The molecule has 0 aliphatic rings. The highest BCUT2D eigenvalue weighted by Gasteiger charge is 2.15. The topological polar surface area (TPSA) is 56.1 Å². The molecule has 0 heterocycles. The number of benzene rings is 2. The third-order valence-corrected chi connectivity index (χ3v) is 3.25. The van der Waals surface area contributed by atoms with Gasteiger partial charge < -0.3 is 10.2 Å². The second-order valence-electron chi connectivity index (χ2n) is 4.77. The fourth-order valence-electron chi connectivity index (χ4n) is 2.18. The molecule has 1 amide bonds. The molecule has 0 aromatic heterocycles. The molecule has 0 bridgehead atoms. The molecule has 0 aliphatic heterocycles. The zero-order chi connectivity index (χ0) is 15.2. The number of nitrogens with zero attached hydrogens (tertiary/aromatic N) is 2. The summed E-state index contributed by atoms with van der Waals surface area (Å²) in [5.41, 5.74) is 2.98. The molecule has 0 fully saturated rings. The van der Waals surface area contributed by atoms with E-state index in [0.717, 1.165) is 11.3 Å². The Morgan fingerprint density at radius 1 is 1.24 bits per heavy atom. The van der Waals surface area contributed by atoms with Crippen LogP contribution in [0.2, 0.25) is 0 Å². The van der Waals surface area contributed by atoms with E-state index in [4.69, 9.17) is 5.26 Å². The van der Waals surface area contributed by atoms with Gasteiger partial charge in [0.15, 0.2) is 0 Å². The molecule has 106 valence electrons. The van der Waals surface area contributed by atoms with Crippen LogP contribution in [0.5, 0.6) is 0 Å². The lowest BCUT2D eigenvalue weighted by molar-refractivity contribution is 0.0786. The van der Waals surface area contributed by atoms with Gasteiger partial charge in [0.1, 0.15) is 0 Å². The van der Waals surface area contributed by atoms with E-state index in [0.29, 0.717) is 17.7 Å². The van der Waals surface area contributed by atoms with E-state index in [1.54, 1.807) is 37.2 Å². The normalized spacial score (nSPS) is 9.76. The number of anilines is 1. The van der Waals surface area contributed by atoms with E-state index >= 15 is 0 Å². The minimum atomic E-state index is -0.0534. The van der Waals surface area contributed by atoms with Gasteiger partial charge in [-0.15, -0.1) is 0 Å². The molecule has 0 saturated carbocycles. The molecule has 2 rings (SSSR count). The SMILES string of the molecule is CNc1ccccc1C(=O)N(C)Cc1cccc(C#N)c1. The van der Waals surface area contributed by atoms with Crippen molar-refractivity contribution in [1.82, 2.24) is 4.90 Å². The fraction of sp³-hybridized carbons (Fsp3) is 0.176. The van der Waals surface area contributed by atoms with Gasteiger partial charge >= 0.3 is 0 Å². The number of carbonyl (C=O) groups excluding carboxylic acids is 1. The summed E-state index contributed by atoms with van der Waals surface area (Å²) >= 11 is 0. The van der Waals surface area contributed by atoms with E-state index in [-0.39, 0.29) is 5.91 Å². The molecule has 0 aliphatic carbocycles. The van der Waals surface area contributed by atoms with Crippen LogP contribution in [-0.4, -0.2) is 24.9 Å². The van der Waals surface area contributed by atoms with E-state index in [1.165, 1.54) is 0 Å². The molecule has 2 aromatic carbocycles. The number of carbonyl (C=O) groups is 1. The molecule has 0 spiro atoms. The maximum Gasteiger partial charge on any atom is 0.255 e. The van der Waals surface area contributed by atoms with Crippen LogP contribution in [0.1, 0.15) is 21.5 Å². The lowest BCUT2D eigenvalue weighted by Gasteiger charge is -2.19. The summed E-state index contributed by atoms with van der Waals surface area (Å²) in [5.74, 6) is -0.0534. The maximum absolute atomic E-state index is 12.5. The summed E-state index contributed by atoms with van der Waals surface area (Å²) in [4.78, 5) is 14.1. The van der Waals surface area contributed by atoms with Crippen molar-refractivity contribution in [3.05, 3.63) is 65.2 Å². The molecule has 2 aromatic rings. The standard InChI is InChI=1S/C17H17N3O/c1-19-16-9-4-3-8-15(16)17(21)20(2)12-14-7-5-6-13(10-14)11-18/h3-10,19H,12H2,1-2H3. The molecular formula is C17H17N3O.